The Hall–Kier alpha value is -4.84. The molecule has 0 aliphatic carbocycles. The van der Waals surface area contributed by atoms with Crippen LogP contribution < -0.4 is 11.1 Å². The van der Waals surface area contributed by atoms with Crippen molar-refractivity contribution < 1.29 is 0 Å². The zero-order valence-corrected chi connectivity index (χ0v) is 19.8. The molecule has 6 aromatic rings. The first kappa shape index (κ1) is 21.7. The molecule has 174 valence electrons. The summed E-state index contributed by atoms with van der Waals surface area (Å²) >= 11 is 0. The average molecular weight is 471 g/mol. The lowest BCUT2D eigenvalue weighted by Crippen LogP contribution is -2.27. The number of hydrogen-bond donors (Lipinski definition) is 0. The van der Waals surface area contributed by atoms with Gasteiger partial charge in [-0.1, -0.05) is 59.7 Å². The van der Waals surface area contributed by atoms with Gasteiger partial charge in [0.25, 0.3) is 11.1 Å². The summed E-state index contributed by atoms with van der Waals surface area (Å²) in [6, 6.07) is 29.8. The van der Waals surface area contributed by atoms with E-state index in [1.54, 1.807) is 33.4 Å². The molecule has 0 aliphatic rings. The Bertz CT molecular complexity index is 1740. The molecule has 6 heteroatoms. The number of aromatic nitrogens is 4. The number of benzene rings is 4. The Kier molecular flexibility index (Phi) is 5.08. The fourth-order valence-electron chi connectivity index (χ4n) is 4.43. The van der Waals surface area contributed by atoms with Crippen LogP contribution in [0.3, 0.4) is 0 Å². The molecule has 6 nitrogen and oxygen atoms in total. The smallest absolute Gasteiger partial charge is 0.266 e. The minimum absolute atomic E-state index is 0.225. The van der Waals surface area contributed by atoms with Crippen LogP contribution in [0.1, 0.15) is 11.1 Å². The quantitative estimate of drug-likeness (QED) is 0.349. The first-order valence-corrected chi connectivity index (χ1v) is 11.7. The van der Waals surface area contributed by atoms with Crippen molar-refractivity contribution in [3.05, 3.63) is 129 Å². The first-order chi connectivity index (χ1) is 17.5. The van der Waals surface area contributed by atoms with Crippen molar-refractivity contribution in [2.24, 2.45) is 0 Å². The Morgan fingerprint density at radius 2 is 0.861 bits per heavy atom. The molecular weight excluding hydrogens is 448 g/mol. The normalized spacial score (nSPS) is 11.3. The molecule has 4 aromatic carbocycles. The number of fused-ring (bicyclic) bond motifs is 2. The summed E-state index contributed by atoms with van der Waals surface area (Å²) in [5.41, 5.74) is 4.07. The molecule has 0 spiro atoms. The minimum atomic E-state index is -0.225. The van der Waals surface area contributed by atoms with E-state index in [2.05, 4.69) is 0 Å². The third kappa shape index (κ3) is 3.51. The zero-order chi connectivity index (χ0) is 24.8. The molecule has 0 saturated carbocycles. The highest BCUT2D eigenvalue weighted by atomic mass is 16.1. The van der Waals surface area contributed by atoms with E-state index in [-0.39, 0.29) is 11.1 Å². The van der Waals surface area contributed by atoms with E-state index in [4.69, 9.17) is 9.97 Å². The van der Waals surface area contributed by atoms with Crippen LogP contribution in [0.25, 0.3) is 44.8 Å². The van der Waals surface area contributed by atoms with E-state index in [1.807, 2.05) is 86.6 Å². The predicted octanol–water partition coefficient (Wildman–Crippen LogP) is 5.37. The number of aryl methyl sites for hydroxylation is 2. The second-order valence-corrected chi connectivity index (χ2v) is 8.86. The van der Waals surface area contributed by atoms with Crippen LogP contribution in [-0.2, 0) is 0 Å². The third-order valence-electron chi connectivity index (χ3n) is 6.34. The molecule has 0 bridgehead atoms. The molecule has 0 N–H and O–H groups in total. The second kappa shape index (κ2) is 8.43. The molecule has 0 atom stereocenters. The number of para-hydroxylation sites is 2. The Balaban J connectivity index is 1.80. The Labute approximate surface area is 206 Å². The fraction of sp³-hybridized carbons (Fsp3) is 0.0667. The van der Waals surface area contributed by atoms with Crippen LogP contribution in [0.5, 0.6) is 0 Å². The molecule has 2 aromatic heterocycles. The summed E-state index contributed by atoms with van der Waals surface area (Å²) in [5, 5.41) is 0.985. The van der Waals surface area contributed by atoms with E-state index in [0.29, 0.717) is 44.8 Å². The van der Waals surface area contributed by atoms with Gasteiger partial charge in [-0.2, -0.15) is 0 Å². The summed E-state index contributed by atoms with van der Waals surface area (Å²) in [4.78, 5) is 37.5. The van der Waals surface area contributed by atoms with Gasteiger partial charge in [0.15, 0.2) is 11.6 Å². The van der Waals surface area contributed by atoms with E-state index in [9.17, 15) is 9.59 Å². The Morgan fingerprint density at radius 3 is 1.25 bits per heavy atom. The average Bonchev–Trinajstić information content (AvgIpc) is 2.90. The van der Waals surface area contributed by atoms with Gasteiger partial charge < -0.3 is 0 Å². The van der Waals surface area contributed by atoms with E-state index in [0.717, 1.165) is 11.1 Å². The summed E-state index contributed by atoms with van der Waals surface area (Å²) < 4.78 is 3.09. The van der Waals surface area contributed by atoms with E-state index < -0.39 is 0 Å². The predicted molar refractivity (Wildman–Crippen MR) is 143 cm³/mol. The van der Waals surface area contributed by atoms with Gasteiger partial charge >= 0.3 is 0 Å². The van der Waals surface area contributed by atoms with E-state index >= 15 is 0 Å². The molecule has 0 aliphatic heterocycles. The molecule has 0 radical (unpaired) electrons. The largest absolute Gasteiger partial charge is 0.268 e. The number of nitrogens with zero attached hydrogens (tertiary/aromatic N) is 4. The standard InChI is InChI=1S/C30H22N4O2/c1-19-11-15-21(16-12-19)33-27(31-25-9-5-3-7-23(25)29(33)35)28-32-26-10-6-4-8-24(26)30(36)34(28)22-17-13-20(2)14-18-22/h3-18H,1-2H3. The molecule has 6 rings (SSSR count). The molecule has 0 amide bonds. The highest BCUT2D eigenvalue weighted by Gasteiger charge is 2.21. The van der Waals surface area contributed by atoms with Crippen LogP contribution in [0, 0.1) is 13.8 Å². The van der Waals surface area contributed by atoms with Crippen molar-refractivity contribution >= 4 is 21.8 Å². The fourth-order valence-corrected chi connectivity index (χ4v) is 4.43. The van der Waals surface area contributed by atoms with Crippen LogP contribution in [-0.4, -0.2) is 19.1 Å². The minimum Gasteiger partial charge on any atom is -0.268 e. The molecular formula is C30H22N4O2. The monoisotopic (exact) mass is 470 g/mol. The van der Waals surface area contributed by atoms with Crippen molar-refractivity contribution in [1.29, 1.82) is 0 Å². The number of hydrogen-bond acceptors (Lipinski definition) is 4. The zero-order valence-electron chi connectivity index (χ0n) is 19.8. The van der Waals surface area contributed by atoms with Crippen LogP contribution >= 0.6 is 0 Å². The lowest BCUT2D eigenvalue weighted by Gasteiger charge is -2.18. The van der Waals surface area contributed by atoms with E-state index in [1.165, 1.54) is 0 Å². The third-order valence-corrected chi connectivity index (χ3v) is 6.34. The Morgan fingerprint density at radius 1 is 0.500 bits per heavy atom. The van der Waals surface area contributed by atoms with Crippen LogP contribution in [0.4, 0.5) is 0 Å². The van der Waals surface area contributed by atoms with Crippen molar-refractivity contribution in [1.82, 2.24) is 19.1 Å². The SMILES string of the molecule is Cc1ccc(-n2c(-c3nc4ccccc4c(=O)n3-c3ccc(C)cc3)nc3ccccc3c2=O)cc1. The van der Waals surface area contributed by atoms with Crippen LogP contribution in [0.15, 0.2) is 107 Å². The van der Waals surface area contributed by atoms with Crippen molar-refractivity contribution in [2.75, 3.05) is 0 Å². The molecule has 0 unspecified atom stereocenters. The summed E-state index contributed by atoms with van der Waals surface area (Å²) in [7, 11) is 0. The van der Waals surface area contributed by atoms with Crippen LogP contribution in [0.2, 0.25) is 0 Å². The molecule has 2 heterocycles. The van der Waals surface area contributed by atoms with Crippen molar-refractivity contribution in [3.63, 3.8) is 0 Å². The maximum absolute atomic E-state index is 13.9. The molecule has 0 fully saturated rings. The molecule has 0 saturated heterocycles. The highest BCUT2D eigenvalue weighted by Crippen LogP contribution is 2.24. The van der Waals surface area contributed by atoms with Gasteiger partial charge in [0.2, 0.25) is 0 Å². The maximum Gasteiger partial charge on any atom is 0.266 e. The van der Waals surface area contributed by atoms with Gasteiger partial charge in [0.05, 0.1) is 33.2 Å². The lowest BCUT2D eigenvalue weighted by atomic mass is 10.2. The van der Waals surface area contributed by atoms with Gasteiger partial charge in [-0.25, -0.2) is 9.97 Å². The van der Waals surface area contributed by atoms with Crippen molar-refractivity contribution in [3.8, 4) is 23.0 Å². The highest BCUT2D eigenvalue weighted by molar-refractivity contribution is 5.82. The van der Waals surface area contributed by atoms with Gasteiger partial charge in [-0.15, -0.1) is 0 Å². The first-order valence-electron chi connectivity index (χ1n) is 11.7. The maximum atomic E-state index is 13.9. The van der Waals surface area contributed by atoms with Gasteiger partial charge in [0, 0.05) is 0 Å². The topological polar surface area (TPSA) is 69.8 Å². The van der Waals surface area contributed by atoms with Gasteiger partial charge in [-0.3, -0.25) is 18.7 Å². The van der Waals surface area contributed by atoms with Gasteiger partial charge in [0.1, 0.15) is 0 Å². The summed E-state index contributed by atoms with van der Waals surface area (Å²) in [6.07, 6.45) is 0. The van der Waals surface area contributed by atoms with Crippen molar-refractivity contribution in [2.45, 2.75) is 13.8 Å². The summed E-state index contributed by atoms with van der Waals surface area (Å²) in [6.45, 7) is 3.98. The molecule has 36 heavy (non-hydrogen) atoms. The summed E-state index contributed by atoms with van der Waals surface area (Å²) in [5.74, 6) is 0.594. The lowest BCUT2D eigenvalue weighted by molar-refractivity contribution is 0.899. The number of rotatable bonds is 3. The second-order valence-electron chi connectivity index (χ2n) is 8.86. The van der Waals surface area contributed by atoms with Gasteiger partial charge in [-0.05, 0) is 62.4 Å².